The van der Waals surface area contributed by atoms with Crippen LogP contribution in [-0.2, 0) is 16.1 Å². The van der Waals surface area contributed by atoms with E-state index in [9.17, 15) is 14.3 Å². The predicted octanol–water partition coefficient (Wildman–Crippen LogP) is 1.19. The molecule has 0 radical (unpaired) electrons. The summed E-state index contributed by atoms with van der Waals surface area (Å²) in [6, 6.07) is 10.6. The molecule has 3 heterocycles. The van der Waals surface area contributed by atoms with E-state index in [1.165, 1.54) is 12.3 Å². The number of aromatic nitrogens is 1. The van der Waals surface area contributed by atoms with Crippen LogP contribution in [0.25, 0.3) is 0 Å². The number of hydrogen-bond acceptors (Lipinski definition) is 7. The Labute approximate surface area is 186 Å². The molecule has 1 amide bonds. The van der Waals surface area contributed by atoms with E-state index in [0.29, 0.717) is 70.5 Å². The smallest absolute Gasteiger partial charge is 0.260 e. The first kappa shape index (κ1) is 22.4. The van der Waals surface area contributed by atoms with Gasteiger partial charge in [-0.3, -0.25) is 4.79 Å². The highest BCUT2D eigenvalue weighted by atomic mass is 19.1. The van der Waals surface area contributed by atoms with Gasteiger partial charge in [-0.2, -0.15) is 0 Å². The predicted molar refractivity (Wildman–Crippen MR) is 117 cm³/mol. The lowest BCUT2D eigenvalue weighted by atomic mass is 10.0. The second kappa shape index (κ2) is 10.2. The van der Waals surface area contributed by atoms with Gasteiger partial charge in [0.15, 0.2) is 6.61 Å². The molecule has 2 saturated heterocycles. The summed E-state index contributed by atoms with van der Waals surface area (Å²) in [4.78, 5) is 20.0. The molecular formula is C23H29FN4O4. The zero-order chi connectivity index (χ0) is 22.4. The standard InChI is InChI=1S/C23H29FN4O4/c24-19-3-6-21(26-14-19)28-8-7-23(30,17-28)16-25-13-18-1-4-20(5-2-18)32-15-22(29)27-9-11-31-12-10-27/h1-6,14,25,30H,7-13,15-17H2. The third-order valence-electron chi connectivity index (χ3n) is 5.80. The van der Waals surface area contributed by atoms with Crippen LogP contribution in [-0.4, -0.2) is 79.0 Å². The summed E-state index contributed by atoms with van der Waals surface area (Å²) >= 11 is 0. The number of halogens is 1. The number of nitrogens with one attached hydrogen (secondary N) is 1. The van der Waals surface area contributed by atoms with Crippen molar-refractivity contribution in [3.05, 3.63) is 54.0 Å². The second-order valence-electron chi connectivity index (χ2n) is 8.26. The van der Waals surface area contributed by atoms with Crippen LogP contribution in [0.15, 0.2) is 42.6 Å². The molecule has 1 atom stereocenters. The normalized spacial score (nSPS) is 21.1. The highest BCUT2D eigenvalue weighted by molar-refractivity contribution is 5.77. The number of nitrogens with zero attached hydrogens (tertiary/aromatic N) is 3. The van der Waals surface area contributed by atoms with Crippen LogP contribution in [0, 0.1) is 5.82 Å². The number of amides is 1. The maximum Gasteiger partial charge on any atom is 0.260 e. The monoisotopic (exact) mass is 444 g/mol. The fraction of sp³-hybridized carbons (Fsp3) is 0.478. The molecule has 0 aliphatic carbocycles. The minimum atomic E-state index is -0.862. The van der Waals surface area contributed by atoms with E-state index in [0.717, 1.165) is 5.56 Å². The third kappa shape index (κ3) is 5.93. The maximum atomic E-state index is 13.1. The Morgan fingerprint density at radius 2 is 1.97 bits per heavy atom. The molecule has 1 aromatic heterocycles. The Morgan fingerprint density at radius 3 is 2.69 bits per heavy atom. The second-order valence-corrected chi connectivity index (χ2v) is 8.26. The summed E-state index contributed by atoms with van der Waals surface area (Å²) < 4.78 is 23.9. The van der Waals surface area contributed by atoms with Gasteiger partial charge in [-0.1, -0.05) is 12.1 Å². The lowest BCUT2D eigenvalue weighted by Crippen LogP contribution is -2.43. The quantitative estimate of drug-likeness (QED) is 0.633. The van der Waals surface area contributed by atoms with Gasteiger partial charge in [-0.25, -0.2) is 9.37 Å². The van der Waals surface area contributed by atoms with Crippen LogP contribution in [0.5, 0.6) is 5.75 Å². The fourth-order valence-corrected chi connectivity index (χ4v) is 3.94. The van der Waals surface area contributed by atoms with Gasteiger partial charge < -0.3 is 29.7 Å². The number of benzene rings is 1. The van der Waals surface area contributed by atoms with Gasteiger partial charge in [0.1, 0.15) is 17.4 Å². The van der Waals surface area contributed by atoms with E-state index in [1.807, 2.05) is 29.2 Å². The number of morpholine rings is 1. The summed E-state index contributed by atoms with van der Waals surface area (Å²) in [5, 5.41) is 14.2. The van der Waals surface area contributed by atoms with Crippen molar-refractivity contribution in [1.29, 1.82) is 0 Å². The van der Waals surface area contributed by atoms with Crippen LogP contribution in [0.2, 0.25) is 0 Å². The summed E-state index contributed by atoms with van der Waals surface area (Å²) in [5.74, 6) is 0.913. The van der Waals surface area contributed by atoms with Gasteiger partial charge in [0.05, 0.1) is 25.0 Å². The average molecular weight is 445 g/mol. The molecule has 0 spiro atoms. The van der Waals surface area contributed by atoms with E-state index in [-0.39, 0.29) is 18.3 Å². The molecule has 0 bridgehead atoms. The zero-order valence-corrected chi connectivity index (χ0v) is 18.0. The van der Waals surface area contributed by atoms with E-state index in [4.69, 9.17) is 9.47 Å². The number of rotatable bonds is 8. The minimum absolute atomic E-state index is 0.0179. The van der Waals surface area contributed by atoms with Crippen molar-refractivity contribution < 1.29 is 23.8 Å². The lowest BCUT2D eigenvalue weighted by Gasteiger charge is -2.26. The molecule has 32 heavy (non-hydrogen) atoms. The maximum absolute atomic E-state index is 13.1. The first-order chi connectivity index (χ1) is 15.5. The van der Waals surface area contributed by atoms with Gasteiger partial charge in [-0.05, 0) is 36.2 Å². The SMILES string of the molecule is O=C(COc1ccc(CNCC2(O)CCN(c3ccc(F)cn3)C2)cc1)N1CCOCC1. The molecule has 1 unspecified atom stereocenters. The topological polar surface area (TPSA) is 87.2 Å². The van der Waals surface area contributed by atoms with Crippen molar-refractivity contribution in [2.45, 2.75) is 18.6 Å². The fourth-order valence-electron chi connectivity index (χ4n) is 3.94. The lowest BCUT2D eigenvalue weighted by molar-refractivity contribution is -0.137. The molecule has 4 rings (SSSR count). The van der Waals surface area contributed by atoms with E-state index in [2.05, 4.69) is 10.3 Å². The largest absolute Gasteiger partial charge is 0.484 e. The van der Waals surface area contributed by atoms with Crippen molar-refractivity contribution in [2.75, 3.05) is 57.4 Å². The third-order valence-corrected chi connectivity index (χ3v) is 5.80. The van der Waals surface area contributed by atoms with Crippen molar-refractivity contribution in [3.63, 3.8) is 0 Å². The minimum Gasteiger partial charge on any atom is -0.484 e. The molecule has 2 fully saturated rings. The molecule has 9 heteroatoms. The Bertz CT molecular complexity index is 890. The summed E-state index contributed by atoms with van der Waals surface area (Å²) in [7, 11) is 0. The van der Waals surface area contributed by atoms with Gasteiger partial charge in [0, 0.05) is 39.3 Å². The van der Waals surface area contributed by atoms with Gasteiger partial charge in [-0.15, -0.1) is 0 Å². The molecule has 2 aromatic rings. The van der Waals surface area contributed by atoms with Crippen molar-refractivity contribution in [1.82, 2.24) is 15.2 Å². The summed E-state index contributed by atoms with van der Waals surface area (Å²) in [6.45, 7) is 4.54. The van der Waals surface area contributed by atoms with Crippen molar-refractivity contribution in [2.24, 2.45) is 0 Å². The Hall–Kier alpha value is -2.75. The molecule has 2 aliphatic rings. The van der Waals surface area contributed by atoms with Crippen LogP contribution < -0.4 is 15.0 Å². The molecule has 2 N–H and O–H groups in total. The van der Waals surface area contributed by atoms with Crippen molar-refractivity contribution >= 4 is 11.7 Å². The zero-order valence-electron chi connectivity index (χ0n) is 18.0. The highest BCUT2D eigenvalue weighted by Crippen LogP contribution is 2.25. The van der Waals surface area contributed by atoms with Crippen molar-refractivity contribution in [3.8, 4) is 5.75 Å². The number of hydrogen-bond donors (Lipinski definition) is 2. The number of ether oxygens (including phenoxy) is 2. The number of carbonyl (C=O) groups is 1. The highest BCUT2D eigenvalue weighted by Gasteiger charge is 2.36. The van der Waals surface area contributed by atoms with E-state index in [1.54, 1.807) is 11.0 Å². The summed E-state index contributed by atoms with van der Waals surface area (Å²) in [6.07, 6.45) is 1.81. The first-order valence-electron chi connectivity index (χ1n) is 10.9. The first-order valence-corrected chi connectivity index (χ1v) is 10.9. The Morgan fingerprint density at radius 1 is 1.19 bits per heavy atom. The molecule has 0 saturated carbocycles. The van der Waals surface area contributed by atoms with Crippen LogP contribution in [0.1, 0.15) is 12.0 Å². The van der Waals surface area contributed by atoms with Crippen LogP contribution >= 0.6 is 0 Å². The Balaban J connectivity index is 1.19. The number of anilines is 1. The average Bonchev–Trinajstić information content (AvgIpc) is 3.21. The number of β-amino-alcohol motifs (C(OH)–C–C–N with tert-alkyl or cyclic N) is 1. The molecular weight excluding hydrogens is 415 g/mol. The number of aliphatic hydroxyl groups is 1. The number of pyridine rings is 1. The Kier molecular flexibility index (Phi) is 7.19. The van der Waals surface area contributed by atoms with E-state index >= 15 is 0 Å². The molecule has 172 valence electrons. The van der Waals surface area contributed by atoms with Gasteiger partial charge >= 0.3 is 0 Å². The molecule has 1 aromatic carbocycles. The van der Waals surface area contributed by atoms with E-state index < -0.39 is 5.60 Å². The van der Waals surface area contributed by atoms with Crippen LogP contribution in [0.4, 0.5) is 10.2 Å². The summed E-state index contributed by atoms with van der Waals surface area (Å²) in [5.41, 5.74) is 0.189. The molecule has 2 aliphatic heterocycles. The van der Waals surface area contributed by atoms with Gasteiger partial charge in [0.2, 0.25) is 0 Å². The number of carbonyl (C=O) groups excluding carboxylic acids is 1. The van der Waals surface area contributed by atoms with Crippen LogP contribution in [0.3, 0.4) is 0 Å². The van der Waals surface area contributed by atoms with Gasteiger partial charge in [0.25, 0.3) is 5.91 Å². The molecule has 8 nitrogen and oxygen atoms in total.